The van der Waals surface area contributed by atoms with Crippen LogP contribution in [0.4, 0.5) is 0 Å². The first-order valence-electron chi connectivity index (χ1n) is 3.64. The predicted octanol–water partition coefficient (Wildman–Crippen LogP) is 0.0224. The summed E-state index contributed by atoms with van der Waals surface area (Å²) in [6.45, 7) is 0. The molecule has 0 unspecified atom stereocenters. The van der Waals surface area contributed by atoms with E-state index in [1.165, 1.54) is 12.3 Å². The van der Waals surface area contributed by atoms with Crippen LogP contribution in [-0.2, 0) is 9.59 Å². The van der Waals surface area contributed by atoms with E-state index in [4.69, 9.17) is 11.6 Å². The van der Waals surface area contributed by atoms with Crippen LogP contribution in [0, 0.1) is 0 Å². The second-order valence-electron chi connectivity index (χ2n) is 2.17. The maximum absolute atomic E-state index is 10.0. The van der Waals surface area contributed by atoms with E-state index in [1.54, 1.807) is 6.07 Å². The van der Waals surface area contributed by atoms with Crippen molar-refractivity contribution in [1.82, 2.24) is 9.99 Å². The summed E-state index contributed by atoms with van der Waals surface area (Å²) in [6, 6.07) is 3.13. The van der Waals surface area contributed by atoms with Gasteiger partial charge < -0.3 is 0 Å². The molecule has 1 aromatic heterocycles. The van der Waals surface area contributed by atoms with Crippen molar-refractivity contribution in [2.75, 3.05) is 0 Å². The zero-order valence-corrected chi connectivity index (χ0v) is 8.29. The van der Waals surface area contributed by atoms with Crippen molar-refractivity contribution in [1.29, 1.82) is 0 Å². The fourth-order valence-electron chi connectivity index (χ4n) is 0.510. The van der Waals surface area contributed by atoms with E-state index in [9.17, 15) is 14.4 Å². The van der Waals surface area contributed by atoms with Gasteiger partial charge in [0.2, 0.25) is 12.8 Å². The summed E-state index contributed by atoms with van der Waals surface area (Å²) in [7, 11) is 0. The monoisotopic (exact) mass is 229 g/mol. The SMILES string of the molecule is NN(C=O)C=O.O=Cc1cc(Cl)ccn1. The Hall–Kier alpha value is -1.79. The number of rotatable bonds is 3. The average molecular weight is 230 g/mol. The minimum Gasteiger partial charge on any atom is -0.296 e. The maximum atomic E-state index is 10.0. The van der Waals surface area contributed by atoms with Gasteiger partial charge in [-0.15, -0.1) is 0 Å². The van der Waals surface area contributed by atoms with Gasteiger partial charge in [0, 0.05) is 11.2 Å². The highest BCUT2D eigenvalue weighted by atomic mass is 35.5. The van der Waals surface area contributed by atoms with Crippen LogP contribution in [0.25, 0.3) is 0 Å². The molecule has 2 amide bonds. The fourth-order valence-corrected chi connectivity index (χ4v) is 0.679. The van der Waals surface area contributed by atoms with E-state index < -0.39 is 0 Å². The smallest absolute Gasteiger partial charge is 0.230 e. The van der Waals surface area contributed by atoms with Gasteiger partial charge in [-0.25, -0.2) is 10.9 Å². The predicted molar refractivity (Wildman–Crippen MR) is 52.8 cm³/mol. The number of aldehydes is 1. The van der Waals surface area contributed by atoms with E-state index in [2.05, 4.69) is 10.8 Å². The van der Waals surface area contributed by atoms with Crippen molar-refractivity contribution in [3.05, 3.63) is 29.0 Å². The summed E-state index contributed by atoms with van der Waals surface area (Å²) in [6.07, 6.45) is 2.58. The van der Waals surface area contributed by atoms with E-state index in [1.807, 2.05) is 0 Å². The highest BCUT2D eigenvalue weighted by Crippen LogP contribution is 2.05. The van der Waals surface area contributed by atoms with E-state index >= 15 is 0 Å². The molecule has 1 rings (SSSR count). The third kappa shape index (κ3) is 6.30. The maximum Gasteiger partial charge on any atom is 0.230 e. The molecule has 0 aliphatic rings. The molecule has 2 N–H and O–H groups in total. The molecule has 0 fully saturated rings. The average Bonchev–Trinajstić information content (AvgIpc) is 2.28. The van der Waals surface area contributed by atoms with Gasteiger partial charge in [0.15, 0.2) is 6.29 Å². The lowest BCUT2D eigenvalue weighted by Crippen LogP contribution is -2.26. The van der Waals surface area contributed by atoms with Crippen LogP contribution in [-0.4, -0.2) is 29.1 Å². The summed E-state index contributed by atoms with van der Waals surface area (Å²) < 4.78 is 0. The van der Waals surface area contributed by atoms with E-state index in [0.29, 0.717) is 22.0 Å². The first-order chi connectivity index (χ1) is 7.13. The lowest BCUT2D eigenvalue weighted by atomic mass is 10.4. The van der Waals surface area contributed by atoms with Gasteiger partial charge in [-0.1, -0.05) is 11.6 Å². The van der Waals surface area contributed by atoms with Crippen LogP contribution in [0.2, 0.25) is 5.02 Å². The molecule has 0 saturated carbocycles. The summed E-state index contributed by atoms with van der Waals surface area (Å²) in [5, 5.41) is 0.923. The second kappa shape index (κ2) is 7.60. The minimum absolute atomic E-state index is 0.215. The van der Waals surface area contributed by atoms with Crippen LogP contribution in [0.1, 0.15) is 10.5 Å². The Labute approximate surface area is 90.6 Å². The van der Waals surface area contributed by atoms with Crippen molar-refractivity contribution in [3.8, 4) is 0 Å². The minimum atomic E-state index is 0.215. The Balaban J connectivity index is 0.000000288. The van der Waals surface area contributed by atoms with Gasteiger partial charge in [0.1, 0.15) is 5.69 Å². The molecule has 1 aromatic rings. The number of aromatic nitrogens is 1. The molecule has 1 heterocycles. The highest BCUT2D eigenvalue weighted by Gasteiger charge is 1.89. The number of carbonyl (C=O) groups is 3. The number of hydrogen-bond donors (Lipinski definition) is 1. The van der Waals surface area contributed by atoms with Crippen LogP contribution in [0.3, 0.4) is 0 Å². The molecule has 0 saturated heterocycles. The van der Waals surface area contributed by atoms with Crippen LogP contribution in [0.15, 0.2) is 18.3 Å². The molecule has 0 spiro atoms. The van der Waals surface area contributed by atoms with Gasteiger partial charge in [-0.05, 0) is 12.1 Å². The molecule has 15 heavy (non-hydrogen) atoms. The first kappa shape index (κ1) is 13.2. The molecule has 0 atom stereocenters. The number of carbonyl (C=O) groups excluding carboxylic acids is 3. The molecule has 6 nitrogen and oxygen atoms in total. The van der Waals surface area contributed by atoms with Crippen LogP contribution in [0.5, 0.6) is 0 Å². The molecular formula is C8H8ClN3O3. The Morgan fingerprint density at radius 2 is 1.93 bits per heavy atom. The zero-order valence-electron chi connectivity index (χ0n) is 7.54. The molecule has 7 heteroatoms. The van der Waals surface area contributed by atoms with Crippen molar-refractivity contribution in [2.24, 2.45) is 5.84 Å². The van der Waals surface area contributed by atoms with Crippen molar-refractivity contribution in [3.63, 3.8) is 0 Å². The molecule has 0 aliphatic carbocycles. The van der Waals surface area contributed by atoms with Gasteiger partial charge in [0.25, 0.3) is 0 Å². The Kier molecular flexibility index (Phi) is 6.69. The molecule has 0 radical (unpaired) electrons. The number of nitrogens with two attached hydrogens (primary N) is 1. The topological polar surface area (TPSA) is 93.4 Å². The number of hydrogen-bond acceptors (Lipinski definition) is 5. The summed E-state index contributed by atoms with van der Waals surface area (Å²) >= 11 is 5.52. The summed E-state index contributed by atoms with van der Waals surface area (Å²) in [5.41, 5.74) is 0.363. The third-order valence-corrected chi connectivity index (χ3v) is 1.34. The highest BCUT2D eigenvalue weighted by molar-refractivity contribution is 6.30. The van der Waals surface area contributed by atoms with Gasteiger partial charge >= 0.3 is 0 Å². The molecule has 0 aromatic carbocycles. The number of hydrazine groups is 1. The molecule has 80 valence electrons. The quantitative estimate of drug-likeness (QED) is 0.341. The Morgan fingerprint density at radius 1 is 1.33 bits per heavy atom. The number of imide groups is 1. The second-order valence-corrected chi connectivity index (χ2v) is 2.61. The Morgan fingerprint density at radius 3 is 2.20 bits per heavy atom. The van der Waals surface area contributed by atoms with Crippen molar-refractivity contribution in [2.45, 2.75) is 0 Å². The Bertz CT molecular complexity index is 338. The van der Waals surface area contributed by atoms with E-state index in [0.717, 1.165) is 0 Å². The largest absolute Gasteiger partial charge is 0.296 e. The first-order valence-corrected chi connectivity index (χ1v) is 4.02. The standard InChI is InChI=1S/C6H4ClNO.C2H4N2O2/c7-5-1-2-8-6(3-5)4-9;3-4(1-5)2-6/h1-4H;1-2H,3H2. The van der Waals surface area contributed by atoms with Crippen molar-refractivity contribution >= 4 is 30.7 Å². The van der Waals surface area contributed by atoms with Crippen LogP contribution >= 0.6 is 11.6 Å². The van der Waals surface area contributed by atoms with Crippen molar-refractivity contribution < 1.29 is 14.4 Å². The van der Waals surface area contributed by atoms with E-state index in [-0.39, 0.29) is 12.8 Å². The fraction of sp³-hybridized carbons (Fsp3) is 0. The molecule has 0 aliphatic heterocycles. The number of nitrogens with zero attached hydrogens (tertiary/aromatic N) is 2. The van der Waals surface area contributed by atoms with Crippen LogP contribution < -0.4 is 5.84 Å². The molecular weight excluding hydrogens is 222 g/mol. The lowest BCUT2D eigenvalue weighted by Gasteiger charge is -1.91. The summed E-state index contributed by atoms with van der Waals surface area (Å²) in [5.74, 6) is 4.57. The number of amides is 2. The number of halogens is 1. The summed E-state index contributed by atoms with van der Waals surface area (Å²) in [4.78, 5) is 32.4. The number of pyridine rings is 1. The third-order valence-electron chi connectivity index (χ3n) is 1.11. The zero-order chi connectivity index (χ0) is 11.7. The van der Waals surface area contributed by atoms with Gasteiger partial charge in [-0.3, -0.25) is 19.4 Å². The van der Waals surface area contributed by atoms with Gasteiger partial charge in [-0.2, -0.15) is 0 Å². The lowest BCUT2D eigenvalue weighted by molar-refractivity contribution is -0.129. The molecule has 0 bridgehead atoms. The normalized spacial score (nSPS) is 8.13. The van der Waals surface area contributed by atoms with Gasteiger partial charge in [0.05, 0.1) is 0 Å².